The van der Waals surface area contributed by atoms with Crippen LogP contribution in [0.4, 0.5) is 5.69 Å². The van der Waals surface area contributed by atoms with Gasteiger partial charge in [0.05, 0.1) is 15.2 Å². The van der Waals surface area contributed by atoms with E-state index < -0.39 is 0 Å². The van der Waals surface area contributed by atoms with E-state index >= 15 is 0 Å². The van der Waals surface area contributed by atoms with Gasteiger partial charge in [-0.25, -0.2) is 4.98 Å². The number of carbonyl (C=O) groups excluding carboxylic acids is 1. The third kappa shape index (κ3) is 3.65. The van der Waals surface area contributed by atoms with Crippen molar-refractivity contribution in [2.45, 2.75) is 6.42 Å². The number of carbonyl (C=O) groups is 1. The first-order valence-electron chi connectivity index (χ1n) is 7.67. The first kappa shape index (κ1) is 16.1. The molecule has 0 fully saturated rings. The van der Waals surface area contributed by atoms with Crippen molar-refractivity contribution in [1.29, 1.82) is 0 Å². The second-order valence-electron chi connectivity index (χ2n) is 5.51. The topological polar surface area (TPSA) is 55.1 Å². The largest absolute Gasteiger partial charge is 0.444 e. The Bertz CT molecular complexity index is 1000. The molecule has 0 bridgehead atoms. The van der Waals surface area contributed by atoms with E-state index in [4.69, 9.17) is 4.42 Å². The minimum absolute atomic E-state index is 0.269. The molecule has 0 aliphatic heterocycles. The van der Waals surface area contributed by atoms with Gasteiger partial charge in [0.1, 0.15) is 0 Å². The average molecular weight is 413 g/mol. The van der Waals surface area contributed by atoms with Gasteiger partial charge in [0.25, 0.3) is 5.91 Å². The van der Waals surface area contributed by atoms with E-state index in [2.05, 4.69) is 32.3 Å². The Morgan fingerprint density at radius 2 is 1.88 bits per heavy atom. The van der Waals surface area contributed by atoms with Crippen molar-refractivity contribution in [2.24, 2.45) is 0 Å². The summed E-state index contributed by atoms with van der Waals surface area (Å²) < 4.78 is 6.98. The van der Waals surface area contributed by atoms with Crippen molar-refractivity contribution in [1.82, 2.24) is 4.98 Å². The fourth-order valence-corrected chi connectivity index (χ4v) is 3.81. The molecule has 0 radical (unpaired) electrons. The Kier molecular flexibility index (Phi) is 4.38. The van der Waals surface area contributed by atoms with Gasteiger partial charge in [-0.1, -0.05) is 24.3 Å². The molecule has 4 nitrogen and oxygen atoms in total. The highest BCUT2D eigenvalue weighted by atomic mass is 79.9. The monoisotopic (exact) mass is 412 g/mol. The molecule has 2 aromatic carbocycles. The number of hydrogen-bond donors (Lipinski definition) is 1. The number of rotatable bonds is 4. The first-order valence-corrected chi connectivity index (χ1v) is 9.28. The molecule has 2 aromatic heterocycles. The molecule has 1 N–H and O–H groups in total. The zero-order valence-electron chi connectivity index (χ0n) is 13.0. The van der Waals surface area contributed by atoms with Gasteiger partial charge in [-0.05, 0) is 57.9 Å². The van der Waals surface area contributed by atoms with Crippen LogP contribution in [0.25, 0.3) is 10.2 Å². The van der Waals surface area contributed by atoms with Crippen molar-refractivity contribution in [3.05, 3.63) is 81.7 Å². The zero-order chi connectivity index (χ0) is 17.2. The molecular formula is C19H13BrN2O2S. The van der Waals surface area contributed by atoms with Gasteiger partial charge < -0.3 is 9.73 Å². The predicted molar refractivity (Wildman–Crippen MR) is 103 cm³/mol. The van der Waals surface area contributed by atoms with Crippen molar-refractivity contribution in [3.63, 3.8) is 0 Å². The second-order valence-corrected chi connectivity index (χ2v) is 7.40. The molecule has 4 rings (SSSR count). The minimum Gasteiger partial charge on any atom is -0.444 e. The first-order chi connectivity index (χ1) is 12.2. The van der Waals surface area contributed by atoms with Crippen LogP contribution in [0.5, 0.6) is 0 Å². The number of thiazole rings is 1. The quantitative estimate of drug-likeness (QED) is 0.481. The summed E-state index contributed by atoms with van der Waals surface area (Å²) in [6, 6.07) is 19.2. The fourth-order valence-electron chi connectivity index (χ4n) is 2.51. The highest BCUT2D eigenvalue weighted by Crippen LogP contribution is 2.24. The van der Waals surface area contributed by atoms with Gasteiger partial charge in [0, 0.05) is 12.1 Å². The van der Waals surface area contributed by atoms with Crippen LogP contribution in [0, 0.1) is 0 Å². The lowest BCUT2D eigenvalue weighted by Gasteiger charge is -2.04. The van der Waals surface area contributed by atoms with E-state index in [1.807, 2.05) is 42.5 Å². The van der Waals surface area contributed by atoms with E-state index in [-0.39, 0.29) is 11.7 Å². The number of furan rings is 1. The summed E-state index contributed by atoms with van der Waals surface area (Å²) in [5.74, 6) is -0.00458. The summed E-state index contributed by atoms with van der Waals surface area (Å²) in [4.78, 5) is 16.7. The molecule has 0 spiro atoms. The Balaban J connectivity index is 1.45. The Morgan fingerprint density at radius 3 is 2.60 bits per heavy atom. The maximum absolute atomic E-state index is 12.1. The van der Waals surface area contributed by atoms with Gasteiger partial charge in [-0.3, -0.25) is 4.79 Å². The van der Waals surface area contributed by atoms with Crippen molar-refractivity contribution in [3.8, 4) is 0 Å². The third-order valence-electron chi connectivity index (χ3n) is 3.70. The lowest BCUT2D eigenvalue weighted by molar-refractivity contribution is 0.0995. The lowest BCUT2D eigenvalue weighted by atomic mass is 10.1. The molecule has 124 valence electrons. The van der Waals surface area contributed by atoms with Crippen molar-refractivity contribution in [2.75, 3.05) is 5.32 Å². The standard InChI is InChI=1S/C19H13BrN2O2S/c20-17-10-9-15(24-17)19(23)21-13-7-5-12(6-8-13)11-18-22-14-3-1-2-4-16(14)25-18/h1-10H,11H2,(H,21,23). The van der Waals surface area contributed by atoms with Gasteiger partial charge in [0.15, 0.2) is 10.4 Å². The molecule has 0 unspecified atom stereocenters. The maximum Gasteiger partial charge on any atom is 0.291 e. The van der Waals surface area contributed by atoms with Crippen LogP contribution < -0.4 is 5.32 Å². The van der Waals surface area contributed by atoms with Crippen molar-refractivity contribution >= 4 is 49.1 Å². The molecule has 0 aliphatic carbocycles. The average Bonchev–Trinajstić information content (AvgIpc) is 3.22. The van der Waals surface area contributed by atoms with Crippen LogP contribution in [0.15, 0.2) is 69.8 Å². The van der Waals surface area contributed by atoms with E-state index in [1.54, 1.807) is 23.5 Å². The highest BCUT2D eigenvalue weighted by Gasteiger charge is 2.11. The minimum atomic E-state index is -0.273. The smallest absolute Gasteiger partial charge is 0.291 e. The molecule has 0 saturated heterocycles. The Labute approximate surface area is 156 Å². The molecule has 2 heterocycles. The molecule has 4 aromatic rings. The molecule has 6 heteroatoms. The number of anilines is 1. The number of amides is 1. The van der Waals surface area contributed by atoms with Crippen LogP contribution in [-0.2, 0) is 6.42 Å². The number of fused-ring (bicyclic) bond motifs is 1. The lowest BCUT2D eigenvalue weighted by Crippen LogP contribution is -2.10. The van der Waals surface area contributed by atoms with E-state index in [0.29, 0.717) is 4.67 Å². The Morgan fingerprint density at radius 1 is 1.08 bits per heavy atom. The van der Waals surface area contributed by atoms with E-state index in [1.165, 1.54) is 4.70 Å². The normalized spacial score (nSPS) is 10.9. The summed E-state index contributed by atoms with van der Waals surface area (Å²) in [5, 5.41) is 3.90. The van der Waals surface area contributed by atoms with Crippen molar-refractivity contribution < 1.29 is 9.21 Å². The zero-order valence-corrected chi connectivity index (χ0v) is 15.4. The number of hydrogen-bond acceptors (Lipinski definition) is 4. The molecule has 1 amide bonds. The Hall–Kier alpha value is -2.44. The number of para-hydroxylation sites is 1. The molecule has 0 aliphatic rings. The number of aromatic nitrogens is 1. The summed E-state index contributed by atoms with van der Waals surface area (Å²) in [6.07, 6.45) is 0.776. The number of benzene rings is 2. The molecular weight excluding hydrogens is 400 g/mol. The summed E-state index contributed by atoms with van der Waals surface area (Å²) in [5.41, 5.74) is 2.92. The van der Waals surface area contributed by atoms with Crippen LogP contribution in [0.1, 0.15) is 21.1 Å². The van der Waals surface area contributed by atoms with Gasteiger partial charge in [-0.2, -0.15) is 0 Å². The molecule has 0 atom stereocenters. The van der Waals surface area contributed by atoms with Crippen LogP contribution in [0.3, 0.4) is 0 Å². The summed E-state index contributed by atoms with van der Waals surface area (Å²) in [6.45, 7) is 0. The van der Waals surface area contributed by atoms with Gasteiger partial charge in [-0.15, -0.1) is 11.3 Å². The van der Waals surface area contributed by atoms with Crippen LogP contribution >= 0.6 is 27.3 Å². The SMILES string of the molecule is O=C(Nc1ccc(Cc2nc3ccccc3s2)cc1)c1ccc(Br)o1. The van der Waals surface area contributed by atoms with E-state index in [0.717, 1.165) is 28.2 Å². The van der Waals surface area contributed by atoms with Crippen LogP contribution in [-0.4, -0.2) is 10.9 Å². The molecule has 0 saturated carbocycles. The molecule has 25 heavy (non-hydrogen) atoms. The van der Waals surface area contributed by atoms with Gasteiger partial charge >= 0.3 is 0 Å². The fraction of sp³-hybridized carbons (Fsp3) is 0.0526. The summed E-state index contributed by atoms with van der Waals surface area (Å²) >= 11 is 4.90. The number of nitrogens with zero attached hydrogens (tertiary/aromatic N) is 1. The second kappa shape index (κ2) is 6.82. The van der Waals surface area contributed by atoms with Crippen LogP contribution in [0.2, 0.25) is 0 Å². The number of nitrogens with one attached hydrogen (secondary N) is 1. The van der Waals surface area contributed by atoms with E-state index in [9.17, 15) is 4.79 Å². The third-order valence-corrected chi connectivity index (χ3v) is 5.16. The van der Waals surface area contributed by atoms with Gasteiger partial charge in [0.2, 0.25) is 0 Å². The summed E-state index contributed by atoms with van der Waals surface area (Å²) in [7, 11) is 0. The predicted octanol–water partition coefficient (Wildman–Crippen LogP) is 5.49. The maximum atomic E-state index is 12.1. The number of halogens is 1. The highest BCUT2D eigenvalue weighted by molar-refractivity contribution is 9.10.